The van der Waals surface area contributed by atoms with Gasteiger partial charge in [-0.15, -0.1) is 0 Å². The van der Waals surface area contributed by atoms with Gasteiger partial charge in [0.05, 0.1) is 6.61 Å². The van der Waals surface area contributed by atoms with Crippen LogP contribution in [0.5, 0.6) is 5.75 Å². The molecule has 4 nitrogen and oxygen atoms in total. The van der Waals surface area contributed by atoms with E-state index in [2.05, 4.69) is 12.3 Å². The summed E-state index contributed by atoms with van der Waals surface area (Å²) in [5, 5.41) is 2.18. The summed E-state index contributed by atoms with van der Waals surface area (Å²) in [4.78, 5) is 12.0. The van der Waals surface area contributed by atoms with Crippen LogP contribution < -0.4 is 10.2 Å². The summed E-state index contributed by atoms with van der Waals surface area (Å²) in [7, 11) is 0. The van der Waals surface area contributed by atoms with Crippen LogP contribution in [0.15, 0.2) is 36.4 Å². The number of amides is 1. The van der Waals surface area contributed by atoms with Crippen LogP contribution >= 0.6 is 0 Å². The number of unbranched alkanes of at least 4 members (excludes halogenated alkanes) is 5. The Balaban J connectivity index is 1.92. The second-order valence-electron chi connectivity index (χ2n) is 9.16. The fourth-order valence-corrected chi connectivity index (χ4v) is 4.43. The predicted molar refractivity (Wildman–Crippen MR) is 120 cm³/mol. The van der Waals surface area contributed by atoms with Crippen molar-refractivity contribution in [2.24, 2.45) is 0 Å². The van der Waals surface area contributed by atoms with E-state index < -0.39 is 23.7 Å². The molecule has 0 aromatic heterocycles. The minimum Gasteiger partial charge on any atom is -0.493 e. The third kappa shape index (κ3) is 5.55. The molecular weight excluding hydrogens is 417 g/mol. The number of hydrogen-bond donors (Lipinski definition) is 1. The lowest BCUT2D eigenvalue weighted by Crippen LogP contribution is -2.51. The summed E-state index contributed by atoms with van der Waals surface area (Å²) in [6.45, 7) is 5.92. The van der Waals surface area contributed by atoms with Gasteiger partial charge in [-0.3, -0.25) is 10.2 Å². The minimum atomic E-state index is -4.59. The molecule has 1 N–H and O–H groups in total. The number of alkyl halides is 3. The smallest absolute Gasteiger partial charge is 0.409 e. The van der Waals surface area contributed by atoms with E-state index in [1.807, 2.05) is 0 Å². The second-order valence-corrected chi connectivity index (χ2v) is 9.16. The fourth-order valence-electron chi connectivity index (χ4n) is 4.43. The highest BCUT2D eigenvalue weighted by molar-refractivity contribution is 5.92. The van der Waals surface area contributed by atoms with Crippen LogP contribution in [-0.2, 0) is 4.79 Å². The number of rotatable bonds is 10. The van der Waals surface area contributed by atoms with Gasteiger partial charge in [-0.2, -0.15) is 18.2 Å². The fraction of sp³-hybridized carbons (Fsp3) is 0.560. The van der Waals surface area contributed by atoms with Gasteiger partial charge < -0.3 is 4.74 Å². The zero-order valence-electron chi connectivity index (χ0n) is 19.1. The van der Waals surface area contributed by atoms with Crippen molar-refractivity contribution in [3.8, 4) is 5.75 Å². The number of hydrazine groups is 1. The lowest BCUT2D eigenvalue weighted by molar-refractivity contribution is -0.203. The first-order chi connectivity index (χ1) is 15.1. The summed E-state index contributed by atoms with van der Waals surface area (Å²) in [5.41, 5.74) is 1.55. The van der Waals surface area contributed by atoms with Crippen LogP contribution in [-0.4, -0.2) is 29.2 Å². The van der Waals surface area contributed by atoms with Crippen LogP contribution in [0.4, 0.5) is 13.2 Å². The molecule has 32 heavy (non-hydrogen) atoms. The van der Waals surface area contributed by atoms with Crippen molar-refractivity contribution in [2.45, 2.75) is 83.5 Å². The molecule has 1 heterocycles. The molecule has 7 heteroatoms. The average Bonchev–Trinajstić information content (AvgIpc) is 2.98. The molecule has 2 aromatic rings. The molecule has 0 radical (unpaired) electrons. The summed E-state index contributed by atoms with van der Waals surface area (Å²) >= 11 is 0. The molecule has 1 amide bonds. The first-order valence-corrected chi connectivity index (χ1v) is 11.4. The van der Waals surface area contributed by atoms with Crippen molar-refractivity contribution >= 4 is 16.7 Å². The van der Waals surface area contributed by atoms with Crippen molar-refractivity contribution in [1.82, 2.24) is 10.4 Å². The first kappa shape index (κ1) is 24.4. The number of fused-ring (bicyclic) bond motifs is 1. The molecule has 0 bridgehead atoms. The van der Waals surface area contributed by atoms with E-state index in [4.69, 9.17) is 4.74 Å². The van der Waals surface area contributed by atoms with Crippen LogP contribution in [0.2, 0.25) is 0 Å². The lowest BCUT2D eigenvalue weighted by atomic mass is 9.93. The van der Waals surface area contributed by atoms with Gasteiger partial charge in [0.1, 0.15) is 5.75 Å². The van der Waals surface area contributed by atoms with Crippen LogP contribution in [0.1, 0.15) is 77.3 Å². The topological polar surface area (TPSA) is 41.6 Å². The highest BCUT2D eigenvalue weighted by Crippen LogP contribution is 2.46. The summed E-state index contributed by atoms with van der Waals surface area (Å²) < 4.78 is 49.2. The van der Waals surface area contributed by atoms with Gasteiger partial charge in [-0.25, -0.2) is 0 Å². The highest BCUT2D eigenvalue weighted by atomic mass is 19.4. The van der Waals surface area contributed by atoms with Gasteiger partial charge in [0.25, 0.3) is 0 Å². The molecule has 0 spiro atoms. The number of nitrogens with one attached hydrogen (secondary N) is 1. The Morgan fingerprint density at radius 2 is 1.72 bits per heavy atom. The molecule has 0 saturated carbocycles. The first-order valence-electron chi connectivity index (χ1n) is 11.4. The quantitative estimate of drug-likeness (QED) is 0.410. The van der Waals surface area contributed by atoms with Gasteiger partial charge in [-0.1, -0.05) is 69.4 Å². The Labute approximate surface area is 188 Å². The third-order valence-electron chi connectivity index (χ3n) is 6.01. The van der Waals surface area contributed by atoms with Gasteiger partial charge in [0, 0.05) is 17.3 Å². The van der Waals surface area contributed by atoms with Gasteiger partial charge in [0.2, 0.25) is 5.91 Å². The Hall–Kier alpha value is -2.28. The Morgan fingerprint density at radius 1 is 1.06 bits per heavy atom. The van der Waals surface area contributed by atoms with E-state index in [1.54, 1.807) is 44.2 Å². The van der Waals surface area contributed by atoms with E-state index in [0.29, 0.717) is 23.1 Å². The zero-order chi connectivity index (χ0) is 23.4. The molecule has 1 fully saturated rings. The molecule has 2 aromatic carbocycles. The Kier molecular flexibility index (Phi) is 7.70. The van der Waals surface area contributed by atoms with Crippen LogP contribution in [0.25, 0.3) is 10.8 Å². The van der Waals surface area contributed by atoms with Gasteiger partial charge >= 0.3 is 6.18 Å². The van der Waals surface area contributed by atoms with E-state index in [-0.39, 0.29) is 12.0 Å². The lowest BCUT2D eigenvalue weighted by Gasteiger charge is -2.38. The van der Waals surface area contributed by atoms with Crippen LogP contribution in [0.3, 0.4) is 0 Å². The summed E-state index contributed by atoms with van der Waals surface area (Å²) in [5.74, 6) is 0.0354. The largest absolute Gasteiger partial charge is 0.493 e. The Morgan fingerprint density at radius 3 is 2.34 bits per heavy atom. The SMILES string of the molecule is CCCCCCCCOc1cccc2cccc([C@H](N3NC(=O)CC3(C)C)C(F)(F)F)c12. The van der Waals surface area contributed by atoms with E-state index in [1.165, 1.54) is 25.3 Å². The van der Waals surface area contributed by atoms with Gasteiger partial charge in [0.15, 0.2) is 6.04 Å². The number of carbonyl (C=O) groups is 1. The maximum Gasteiger partial charge on any atom is 0.409 e. The predicted octanol–water partition coefficient (Wildman–Crippen LogP) is 6.70. The second kappa shape index (κ2) is 10.1. The van der Waals surface area contributed by atoms with Crippen molar-refractivity contribution in [1.29, 1.82) is 0 Å². The summed E-state index contributed by atoms with van der Waals surface area (Å²) in [6, 6.07) is 8.23. The zero-order valence-corrected chi connectivity index (χ0v) is 19.1. The minimum absolute atomic E-state index is 0.00569. The molecule has 1 saturated heterocycles. The molecule has 1 aliphatic heterocycles. The molecule has 1 atom stereocenters. The molecule has 176 valence electrons. The number of carbonyl (C=O) groups excluding carboxylic acids is 1. The number of benzene rings is 2. The highest BCUT2D eigenvalue weighted by Gasteiger charge is 2.53. The monoisotopic (exact) mass is 450 g/mol. The van der Waals surface area contributed by atoms with Crippen molar-refractivity contribution in [3.63, 3.8) is 0 Å². The molecule has 0 unspecified atom stereocenters. The molecule has 0 aliphatic carbocycles. The van der Waals surface area contributed by atoms with E-state index in [9.17, 15) is 18.0 Å². The number of ether oxygens (including phenoxy) is 1. The van der Waals surface area contributed by atoms with Crippen LogP contribution in [0, 0.1) is 0 Å². The average molecular weight is 451 g/mol. The Bertz CT molecular complexity index is 922. The third-order valence-corrected chi connectivity index (χ3v) is 6.01. The number of nitrogens with zero attached hydrogens (tertiary/aromatic N) is 1. The molecular formula is C25H33F3N2O2. The maximum atomic E-state index is 14.4. The van der Waals surface area contributed by atoms with E-state index >= 15 is 0 Å². The van der Waals surface area contributed by atoms with Crippen molar-refractivity contribution < 1.29 is 22.7 Å². The molecule has 1 aliphatic rings. The van der Waals surface area contributed by atoms with E-state index in [0.717, 1.165) is 24.3 Å². The maximum absolute atomic E-state index is 14.4. The van der Waals surface area contributed by atoms with Gasteiger partial charge in [-0.05, 0) is 37.3 Å². The number of halogens is 3. The van der Waals surface area contributed by atoms with Crippen molar-refractivity contribution in [3.05, 3.63) is 42.0 Å². The summed E-state index contributed by atoms with van der Waals surface area (Å²) in [6.07, 6.45) is 2.05. The molecule has 3 rings (SSSR count). The normalized spacial score (nSPS) is 17.5. The number of hydrogen-bond acceptors (Lipinski definition) is 3. The van der Waals surface area contributed by atoms with Crippen molar-refractivity contribution in [2.75, 3.05) is 6.61 Å². The standard InChI is InChI=1S/C25H33F3N2O2/c1-4-5-6-7-8-9-16-32-20-15-11-13-18-12-10-14-19(22(18)20)23(25(26,27)28)30-24(2,3)17-21(31)29-30/h10-15,23H,4-9,16-17H2,1-3H3,(H,29,31)/t23-/m0/s1.